The summed E-state index contributed by atoms with van der Waals surface area (Å²) in [5.74, 6) is -0.674. The Balaban J connectivity index is 1.55. The van der Waals surface area contributed by atoms with Crippen molar-refractivity contribution in [2.24, 2.45) is 5.92 Å². The Morgan fingerprint density at radius 3 is 2.73 bits per heavy atom. The highest BCUT2D eigenvalue weighted by atomic mass is 19.3. The first-order chi connectivity index (χ1) is 14.5. The van der Waals surface area contributed by atoms with Crippen LogP contribution in [0.3, 0.4) is 0 Å². The van der Waals surface area contributed by atoms with Crippen molar-refractivity contribution in [3.8, 4) is 0 Å². The van der Waals surface area contributed by atoms with Crippen molar-refractivity contribution in [1.29, 1.82) is 0 Å². The predicted molar refractivity (Wildman–Crippen MR) is 109 cm³/mol. The number of hydrogen-bond acceptors (Lipinski definition) is 4. The molecule has 3 aliphatic heterocycles. The van der Waals surface area contributed by atoms with Crippen LogP contribution in [0.5, 0.6) is 0 Å². The molecule has 0 radical (unpaired) electrons. The molecular weight excluding hydrogens is 394 g/mol. The highest BCUT2D eigenvalue weighted by molar-refractivity contribution is 6.06. The lowest BCUT2D eigenvalue weighted by molar-refractivity contribution is -0.0791. The molecule has 3 amide bonds. The number of aromatic nitrogens is 2. The van der Waals surface area contributed by atoms with E-state index >= 15 is 0 Å². The second-order valence-electron chi connectivity index (χ2n) is 7.91. The molecule has 0 saturated carbocycles. The maximum absolute atomic E-state index is 14.0. The SMILES string of the molecule is CCCNC(=O)Nc1ccc2c(C(=O)N(C(F)F)[C@@H]3CN4CCC3CC4)n[nH]c2c1. The Labute approximate surface area is 173 Å². The lowest BCUT2D eigenvalue weighted by Gasteiger charge is -2.48. The van der Waals surface area contributed by atoms with Crippen LogP contribution in [0.4, 0.5) is 19.3 Å². The van der Waals surface area contributed by atoms with Crippen molar-refractivity contribution >= 4 is 28.5 Å². The van der Waals surface area contributed by atoms with Crippen LogP contribution in [0.2, 0.25) is 0 Å². The minimum absolute atomic E-state index is 0.0243. The fourth-order valence-electron chi connectivity index (χ4n) is 4.43. The summed E-state index contributed by atoms with van der Waals surface area (Å²) in [5.41, 5.74) is 0.986. The Kier molecular flexibility index (Phi) is 5.85. The third-order valence-electron chi connectivity index (χ3n) is 5.98. The smallest absolute Gasteiger partial charge is 0.319 e. The number of benzene rings is 1. The van der Waals surface area contributed by atoms with Crippen molar-refractivity contribution in [2.45, 2.75) is 38.8 Å². The van der Waals surface area contributed by atoms with Gasteiger partial charge in [0.25, 0.3) is 5.91 Å². The lowest BCUT2D eigenvalue weighted by Crippen LogP contribution is -2.60. The molecule has 0 spiro atoms. The molecule has 0 aliphatic carbocycles. The summed E-state index contributed by atoms with van der Waals surface area (Å²) in [6.07, 6.45) is 2.48. The molecular formula is C20H26F2N6O2. The first kappa shape index (κ1) is 20.5. The van der Waals surface area contributed by atoms with Crippen LogP contribution >= 0.6 is 0 Å². The Bertz CT molecular complexity index is 925. The van der Waals surface area contributed by atoms with Gasteiger partial charge in [0.15, 0.2) is 5.69 Å². The number of hydrogen-bond donors (Lipinski definition) is 3. The van der Waals surface area contributed by atoms with Crippen LogP contribution in [0.1, 0.15) is 36.7 Å². The van der Waals surface area contributed by atoms with E-state index in [9.17, 15) is 18.4 Å². The van der Waals surface area contributed by atoms with Gasteiger partial charge in [-0.3, -0.25) is 14.8 Å². The van der Waals surface area contributed by atoms with Gasteiger partial charge in [-0.1, -0.05) is 6.92 Å². The minimum Gasteiger partial charge on any atom is -0.338 e. The van der Waals surface area contributed by atoms with E-state index in [2.05, 4.69) is 25.7 Å². The molecule has 1 aromatic heterocycles. The fourth-order valence-corrected chi connectivity index (χ4v) is 4.43. The molecule has 2 aromatic rings. The number of nitrogens with zero attached hydrogens (tertiary/aromatic N) is 3. The number of carbonyl (C=O) groups is 2. The van der Waals surface area contributed by atoms with Crippen molar-refractivity contribution in [3.05, 3.63) is 23.9 Å². The third kappa shape index (κ3) is 3.96. The van der Waals surface area contributed by atoms with E-state index in [0.717, 1.165) is 32.4 Å². The van der Waals surface area contributed by atoms with Gasteiger partial charge in [-0.15, -0.1) is 0 Å². The molecule has 1 atom stereocenters. The van der Waals surface area contributed by atoms with Crippen LogP contribution in [-0.4, -0.2) is 70.7 Å². The number of fused-ring (bicyclic) bond motifs is 4. The molecule has 1 aromatic carbocycles. The molecule has 3 fully saturated rings. The first-order valence-corrected chi connectivity index (χ1v) is 10.3. The predicted octanol–water partition coefficient (Wildman–Crippen LogP) is 2.85. The number of anilines is 1. The van der Waals surface area contributed by atoms with Gasteiger partial charge in [0.05, 0.1) is 11.6 Å². The molecule has 5 rings (SSSR count). The van der Waals surface area contributed by atoms with Crippen LogP contribution < -0.4 is 10.6 Å². The van der Waals surface area contributed by atoms with Gasteiger partial charge >= 0.3 is 12.6 Å². The van der Waals surface area contributed by atoms with E-state index in [4.69, 9.17) is 0 Å². The van der Waals surface area contributed by atoms with Crippen LogP contribution in [0.15, 0.2) is 18.2 Å². The Morgan fingerprint density at radius 2 is 2.10 bits per heavy atom. The number of nitrogens with one attached hydrogen (secondary N) is 3. The van der Waals surface area contributed by atoms with Crippen LogP contribution in [0, 0.1) is 5.92 Å². The van der Waals surface area contributed by atoms with E-state index in [1.165, 1.54) is 0 Å². The van der Waals surface area contributed by atoms with Crippen molar-refractivity contribution < 1.29 is 18.4 Å². The summed E-state index contributed by atoms with van der Waals surface area (Å²) in [6.45, 7) is 1.90. The molecule has 30 heavy (non-hydrogen) atoms. The standard InChI is InChI=1S/C20H26F2N6O2/c1-2-7-23-20(30)24-13-3-4-14-15(10-13)25-26-17(14)18(29)28(19(21)22)16-11-27-8-5-12(16)6-9-27/h3-4,10,12,16,19H,2,5-9,11H2,1H3,(H,25,26)(H2,23,24,30)/t16-/m1/s1. The number of aromatic amines is 1. The second-order valence-corrected chi connectivity index (χ2v) is 7.91. The van der Waals surface area contributed by atoms with Gasteiger partial charge in [0.2, 0.25) is 0 Å². The molecule has 162 valence electrons. The van der Waals surface area contributed by atoms with E-state index in [1.807, 2.05) is 6.92 Å². The highest BCUT2D eigenvalue weighted by Gasteiger charge is 2.43. The molecule has 4 heterocycles. The zero-order valence-electron chi connectivity index (χ0n) is 16.8. The summed E-state index contributed by atoms with van der Waals surface area (Å²) in [7, 11) is 0. The zero-order valence-corrected chi connectivity index (χ0v) is 16.8. The Hall–Kier alpha value is -2.75. The molecule has 3 N–H and O–H groups in total. The number of rotatable bonds is 6. The minimum atomic E-state index is -2.89. The number of piperidine rings is 3. The van der Waals surface area contributed by atoms with E-state index < -0.39 is 18.5 Å². The van der Waals surface area contributed by atoms with Gasteiger partial charge in [-0.2, -0.15) is 13.9 Å². The quantitative estimate of drug-likeness (QED) is 0.627. The molecule has 8 nitrogen and oxygen atoms in total. The highest BCUT2D eigenvalue weighted by Crippen LogP contribution is 2.34. The number of amides is 3. The van der Waals surface area contributed by atoms with E-state index in [1.54, 1.807) is 18.2 Å². The van der Waals surface area contributed by atoms with Gasteiger partial charge in [-0.25, -0.2) is 4.79 Å². The summed E-state index contributed by atoms with van der Waals surface area (Å²) in [6, 6.07) is 4.03. The number of urea groups is 1. The van der Waals surface area contributed by atoms with E-state index in [-0.39, 0.29) is 17.6 Å². The van der Waals surface area contributed by atoms with Gasteiger partial charge in [0.1, 0.15) is 0 Å². The van der Waals surface area contributed by atoms with Crippen molar-refractivity contribution in [2.75, 3.05) is 31.5 Å². The van der Waals surface area contributed by atoms with Gasteiger partial charge < -0.3 is 15.5 Å². The normalized spacial score (nSPS) is 23.0. The lowest BCUT2D eigenvalue weighted by atomic mass is 9.83. The summed E-state index contributed by atoms with van der Waals surface area (Å²) in [5, 5.41) is 12.6. The van der Waals surface area contributed by atoms with Crippen molar-refractivity contribution in [3.63, 3.8) is 0 Å². The number of carbonyl (C=O) groups excluding carboxylic acids is 2. The number of alkyl halides is 2. The van der Waals surface area contributed by atoms with Crippen LogP contribution in [-0.2, 0) is 0 Å². The van der Waals surface area contributed by atoms with Crippen LogP contribution in [0.25, 0.3) is 10.9 Å². The average Bonchev–Trinajstić information content (AvgIpc) is 3.16. The van der Waals surface area contributed by atoms with Gasteiger partial charge in [0, 0.05) is 24.2 Å². The maximum atomic E-state index is 14.0. The molecule has 2 bridgehead atoms. The maximum Gasteiger partial charge on any atom is 0.319 e. The monoisotopic (exact) mass is 420 g/mol. The van der Waals surface area contributed by atoms with Gasteiger partial charge in [-0.05, 0) is 56.5 Å². The molecule has 3 aliphatic rings. The van der Waals surface area contributed by atoms with E-state index in [0.29, 0.717) is 34.6 Å². The fraction of sp³-hybridized carbons (Fsp3) is 0.550. The molecule has 10 heteroatoms. The summed E-state index contributed by atoms with van der Waals surface area (Å²) < 4.78 is 27.9. The summed E-state index contributed by atoms with van der Waals surface area (Å²) >= 11 is 0. The topological polar surface area (TPSA) is 93.4 Å². The molecule has 3 saturated heterocycles. The zero-order chi connectivity index (χ0) is 21.3. The second kappa shape index (κ2) is 8.55. The third-order valence-corrected chi connectivity index (χ3v) is 5.98. The Morgan fingerprint density at radius 1 is 1.33 bits per heavy atom. The first-order valence-electron chi connectivity index (χ1n) is 10.3. The summed E-state index contributed by atoms with van der Waals surface area (Å²) in [4.78, 5) is 27.8. The number of halogens is 2. The largest absolute Gasteiger partial charge is 0.338 e. The van der Waals surface area contributed by atoms with Crippen molar-refractivity contribution in [1.82, 2.24) is 25.3 Å². The number of H-pyrrole nitrogens is 1. The molecule has 0 unspecified atom stereocenters. The average molecular weight is 420 g/mol.